The summed E-state index contributed by atoms with van der Waals surface area (Å²) in [7, 11) is -2.74. The van der Waals surface area contributed by atoms with Crippen LogP contribution in [0.2, 0.25) is 5.02 Å². The smallest absolute Gasteiger partial charge is 0.264 e. The van der Waals surface area contributed by atoms with Gasteiger partial charge in [0.1, 0.15) is 18.3 Å². The quantitative estimate of drug-likeness (QED) is 0.229. The molecule has 0 fully saturated rings. The van der Waals surface area contributed by atoms with Gasteiger partial charge in [0.2, 0.25) is 11.8 Å². The number of benzene rings is 3. The molecule has 0 aliphatic carbocycles. The van der Waals surface area contributed by atoms with E-state index in [2.05, 4.69) is 5.32 Å². The third-order valence-corrected chi connectivity index (χ3v) is 9.05. The number of sulfonamides is 1. The molecule has 1 atom stereocenters. The molecule has 0 unspecified atom stereocenters. The number of carbonyl (C=O) groups excluding carboxylic acids is 2. The van der Waals surface area contributed by atoms with Crippen molar-refractivity contribution >= 4 is 39.1 Å². The molecule has 0 radical (unpaired) electrons. The minimum Gasteiger partial charge on any atom is -0.495 e. The maximum Gasteiger partial charge on any atom is 0.264 e. The molecule has 8 nitrogen and oxygen atoms in total. The molecule has 226 valence electrons. The number of nitrogens with zero attached hydrogens (tertiary/aromatic N) is 2. The van der Waals surface area contributed by atoms with Crippen molar-refractivity contribution in [2.75, 3.05) is 24.5 Å². The Morgan fingerprint density at radius 3 is 2.29 bits per heavy atom. The standard InChI is InChI=1S/C32H40ClN3O5S/c1-6-8-18-34-32(38)29(7-2)35(21-25-11-9-10-24(4)19-25)31(37)22-36(26-14-17-30(41-5)28(33)20-26)42(39,40)27-15-12-23(3)13-16-27/h9-17,19-20,29H,6-8,18,21-22H2,1-5H3,(H,34,38)/t29-/m1/s1. The number of unbranched alkanes of at least 4 members (excludes halogenated alkanes) is 1. The molecule has 0 aliphatic rings. The van der Waals surface area contributed by atoms with E-state index >= 15 is 0 Å². The van der Waals surface area contributed by atoms with Crippen LogP contribution in [0.3, 0.4) is 0 Å². The first-order chi connectivity index (χ1) is 20.0. The van der Waals surface area contributed by atoms with Gasteiger partial charge in [0.25, 0.3) is 10.0 Å². The highest BCUT2D eigenvalue weighted by Gasteiger charge is 2.34. The molecule has 0 saturated heterocycles. The van der Waals surface area contributed by atoms with E-state index in [1.807, 2.05) is 52.0 Å². The topological polar surface area (TPSA) is 96.0 Å². The van der Waals surface area contributed by atoms with Crippen molar-refractivity contribution in [2.45, 2.75) is 64.4 Å². The number of aryl methyl sites for hydroxylation is 2. The second kappa shape index (κ2) is 15.1. The maximum atomic E-state index is 14.2. The van der Waals surface area contributed by atoms with Gasteiger partial charge in [-0.15, -0.1) is 0 Å². The van der Waals surface area contributed by atoms with Crippen LogP contribution in [0.1, 0.15) is 49.8 Å². The molecule has 3 aromatic rings. The first-order valence-electron chi connectivity index (χ1n) is 14.1. The van der Waals surface area contributed by atoms with E-state index in [4.69, 9.17) is 16.3 Å². The summed E-state index contributed by atoms with van der Waals surface area (Å²) in [4.78, 5) is 29.0. The van der Waals surface area contributed by atoms with Crippen LogP contribution in [0.4, 0.5) is 5.69 Å². The molecule has 0 aromatic heterocycles. The molecule has 0 spiro atoms. The van der Waals surface area contributed by atoms with Crippen molar-refractivity contribution in [1.29, 1.82) is 0 Å². The van der Waals surface area contributed by atoms with Gasteiger partial charge in [-0.2, -0.15) is 0 Å². The number of halogens is 1. The Bertz CT molecular complexity index is 1480. The second-order valence-corrected chi connectivity index (χ2v) is 12.5. The van der Waals surface area contributed by atoms with E-state index in [9.17, 15) is 18.0 Å². The predicted molar refractivity (Wildman–Crippen MR) is 167 cm³/mol. The van der Waals surface area contributed by atoms with Gasteiger partial charge < -0.3 is 15.0 Å². The summed E-state index contributed by atoms with van der Waals surface area (Å²) in [6, 6.07) is 17.9. The van der Waals surface area contributed by atoms with Crippen molar-refractivity contribution in [2.24, 2.45) is 0 Å². The fourth-order valence-electron chi connectivity index (χ4n) is 4.61. The Hall–Kier alpha value is -3.56. The zero-order chi connectivity index (χ0) is 30.9. The highest BCUT2D eigenvalue weighted by molar-refractivity contribution is 7.92. The summed E-state index contributed by atoms with van der Waals surface area (Å²) >= 11 is 6.39. The van der Waals surface area contributed by atoms with Crippen LogP contribution in [0.5, 0.6) is 5.75 Å². The minimum atomic E-state index is -4.20. The van der Waals surface area contributed by atoms with Gasteiger partial charge in [-0.3, -0.25) is 13.9 Å². The fourth-order valence-corrected chi connectivity index (χ4v) is 6.27. The Morgan fingerprint density at radius 2 is 1.69 bits per heavy atom. The van der Waals surface area contributed by atoms with Crippen LogP contribution in [-0.2, 0) is 26.2 Å². The van der Waals surface area contributed by atoms with E-state index in [0.717, 1.165) is 33.8 Å². The molecule has 0 heterocycles. The Labute approximate surface area is 254 Å². The van der Waals surface area contributed by atoms with Crippen molar-refractivity contribution in [3.05, 3.63) is 88.4 Å². The summed E-state index contributed by atoms with van der Waals surface area (Å²) < 4.78 is 34.3. The molecule has 42 heavy (non-hydrogen) atoms. The van der Waals surface area contributed by atoms with Crippen LogP contribution in [0, 0.1) is 13.8 Å². The minimum absolute atomic E-state index is 0.0300. The molecular formula is C32H40ClN3O5S. The van der Waals surface area contributed by atoms with Crippen LogP contribution in [0.15, 0.2) is 71.6 Å². The third-order valence-electron chi connectivity index (χ3n) is 6.96. The van der Waals surface area contributed by atoms with Crippen LogP contribution >= 0.6 is 11.6 Å². The van der Waals surface area contributed by atoms with Crippen molar-refractivity contribution < 1.29 is 22.7 Å². The Balaban J connectivity index is 2.07. The second-order valence-electron chi connectivity index (χ2n) is 10.2. The molecule has 3 aromatic carbocycles. The number of hydrogen-bond acceptors (Lipinski definition) is 5. The zero-order valence-corrected chi connectivity index (χ0v) is 26.5. The summed E-state index contributed by atoms with van der Waals surface area (Å²) in [5, 5.41) is 3.14. The first kappa shape index (κ1) is 32.9. The van der Waals surface area contributed by atoms with Crippen molar-refractivity contribution in [1.82, 2.24) is 10.2 Å². The number of amides is 2. The summed E-state index contributed by atoms with van der Waals surface area (Å²) in [5.41, 5.74) is 2.94. The van der Waals surface area contributed by atoms with Crippen molar-refractivity contribution in [3.8, 4) is 5.75 Å². The molecule has 10 heteroatoms. The lowest BCUT2D eigenvalue weighted by atomic mass is 10.1. The largest absolute Gasteiger partial charge is 0.495 e. The normalized spacial score (nSPS) is 12.0. The molecular weight excluding hydrogens is 574 g/mol. The molecule has 0 saturated carbocycles. The fraction of sp³-hybridized carbons (Fsp3) is 0.375. The third kappa shape index (κ3) is 8.26. The zero-order valence-electron chi connectivity index (χ0n) is 24.9. The van der Waals surface area contributed by atoms with E-state index < -0.39 is 28.5 Å². The number of methoxy groups -OCH3 is 1. The SMILES string of the molecule is CCCCNC(=O)[C@@H](CC)N(Cc1cccc(C)c1)C(=O)CN(c1ccc(OC)c(Cl)c1)S(=O)(=O)c1ccc(C)cc1. The lowest BCUT2D eigenvalue weighted by Gasteiger charge is -2.33. The summed E-state index contributed by atoms with van der Waals surface area (Å²) in [5.74, 6) is -0.417. The average molecular weight is 614 g/mol. The Kier molecular flexibility index (Phi) is 11.8. The van der Waals surface area contributed by atoms with Crippen LogP contribution < -0.4 is 14.4 Å². The van der Waals surface area contributed by atoms with E-state index in [0.29, 0.717) is 18.7 Å². The highest BCUT2D eigenvalue weighted by Crippen LogP contribution is 2.32. The monoisotopic (exact) mass is 613 g/mol. The Morgan fingerprint density at radius 1 is 0.976 bits per heavy atom. The molecule has 1 N–H and O–H groups in total. The van der Waals surface area contributed by atoms with Crippen LogP contribution in [-0.4, -0.2) is 51.4 Å². The average Bonchev–Trinajstić information content (AvgIpc) is 2.96. The van der Waals surface area contributed by atoms with Gasteiger partial charge in [0.15, 0.2) is 0 Å². The number of rotatable bonds is 14. The van der Waals surface area contributed by atoms with E-state index in [1.54, 1.807) is 24.3 Å². The number of anilines is 1. The molecule has 0 bridgehead atoms. The molecule has 3 rings (SSSR count). The van der Waals surface area contributed by atoms with Gasteiger partial charge in [0.05, 0.1) is 22.7 Å². The lowest BCUT2D eigenvalue weighted by Crippen LogP contribution is -2.52. The van der Waals surface area contributed by atoms with E-state index in [1.165, 1.54) is 30.2 Å². The number of hydrogen-bond donors (Lipinski definition) is 1. The number of carbonyl (C=O) groups is 2. The maximum absolute atomic E-state index is 14.2. The van der Waals surface area contributed by atoms with Gasteiger partial charge >= 0.3 is 0 Å². The van der Waals surface area contributed by atoms with Gasteiger partial charge in [-0.1, -0.05) is 79.4 Å². The first-order valence-corrected chi connectivity index (χ1v) is 15.9. The number of ether oxygens (including phenoxy) is 1. The summed E-state index contributed by atoms with van der Waals surface area (Å²) in [6.07, 6.45) is 2.09. The van der Waals surface area contributed by atoms with Gasteiger partial charge in [-0.25, -0.2) is 8.42 Å². The van der Waals surface area contributed by atoms with Crippen molar-refractivity contribution in [3.63, 3.8) is 0 Å². The van der Waals surface area contributed by atoms with Gasteiger partial charge in [0, 0.05) is 13.1 Å². The summed E-state index contributed by atoms with van der Waals surface area (Å²) in [6.45, 7) is 7.78. The molecule has 0 aliphatic heterocycles. The molecule has 2 amide bonds. The predicted octanol–water partition coefficient (Wildman–Crippen LogP) is 5.88. The number of nitrogens with one attached hydrogen (secondary N) is 1. The van der Waals surface area contributed by atoms with Gasteiger partial charge in [-0.05, 0) is 62.6 Å². The van der Waals surface area contributed by atoms with Crippen LogP contribution in [0.25, 0.3) is 0 Å². The lowest BCUT2D eigenvalue weighted by molar-refractivity contribution is -0.140. The highest BCUT2D eigenvalue weighted by atomic mass is 35.5. The van der Waals surface area contributed by atoms with E-state index in [-0.39, 0.29) is 28.1 Å².